The number of carboxylic acid groups (broad SMARTS) is 1. The minimum absolute atomic E-state index is 0.00315. The molecule has 0 saturated carbocycles. The van der Waals surface area contributed by atoms with Gasteiger partial charge in [-0.15, -0.1) is 0 Å². The number of nitrogens with zero attached hydrogens (tertiary/aromatic N) is 6. The summed E-state index contributed by atoms with van der Waals surface area (Å²) < 4.78 is 28.5. The number of aromatic nitrogens is 8. The number of phenolic OH excluding ortho intramolecular Hbond substituents is 1. The molecule has 35 nitrogen and oxygen atoms in total. The molecule has 0 spiro atoms. The molecule has 122 heavy (non-hydrogen) atoms. The van der Waals surface area contributed by atoms with Crippen molar-refractivity contribution in [3.05, 3.63) is 145 Å². The molecule has 2 aliphatic rings. The number of hydrogen-bond donors (Lipinski definition) is 15. The second kappa shape index (κ2) is 43.0. The molecule has 2 aliphatic heterocycles. The van der Waals surface area contributed by atoms with Crippen LogP contribution in [0.4, 0.5) is 5.69 Å². The van der Waals surface area contributed by atoms with Crippen LogP contribution in [0.3, 0.4) is 0 Å². The van der Waals surface area contributed by atoms with Crippen molar-refractivity contribution in [2.45, 2.75) is 130 Å². The lowest BCUT2D eigenvalue weighted by molar-refractivity contribution is -0.142. The van der Waals surface area contributed by atoms with Crippen molar-refractivity contribution in [3.63, 3.8) is 0 Å². The number of amides is 8. The zero-order valence-electron chi connectivity index (χ0n) is 68.9. The predicted octanol–water partition coefficient (Wildman–Crippen LogP) is 7.54. The molecule has 35 heteroatoms. The molecule has 5 heterocycles. The number of aliphatic carboxylic acids is 1. The van der Waals surface area contributed by atoms with E-state index in [9.17, 15) is 53.4 Å². The summed E-state index contributed by atoms with van der Waals surface area (Å²) in [7, 11) is 0. The Kier molecular flexibility index (Phi) is 31.5. The van der Waals surface area contributed by atoms with Gasteiger partial charge in [0.15, 0.2) is 29.3 Å². The van der Waals surface area contributed by atoms with Crippen LogP contribution in [0.1, 0.15) is 92.6 Å². The van der Waals surface area contributed by atoms with Crippen LogP contribution in [-0.4, -0.2) is 211 Å². The first-order valence-corrected chi connectivity index (χ1v) is 40.5. The van der Waals surface area contributed by atoms with E-state index in [-0.39, 0.29) is 134 Å². The lowest BCUT2D eigenvalue weighted by Gasteiger charge is -2.28. The number of H-pyrrole nitrogens is 2. The van der Waals surface area contributed by atoms with Crippen LogP contribution in [0.15, 0.2) is 140 Å². The molecule has 8 bridgehead atoms. The number of nitrogens with two attached hydrogens (primary N) is 1. The number of ether oxygens (including phenoxy) is 5. The zero-order valence-corrected chi connectivity index (χ0v) is 68.9. The average molecular weight is 1670 g/mol. The van der Waals surface area contributed by atoms with Crippen LogP contribution in [0.5, 0.6) is 17.2 Å². The van der Waals surface area contributed by atoms with Gasteiger partial charge in [-0.3, -0.25) is 43.8 Å². The number of guanidine groups is 1. The SMILES string of the molecule is CC(C)C[C@H](NC(=O)CCOCCOCCOCCNC(=O)COCC(=O)Nc1ccc(Oc2ccc3c(c2)-c2nc-3nc3[nH]c(nc4nc(nc5[nH]c(n2)c2ccccc52)-c2ccccc2-4)c2ccccc32)cc1)C(=O)N[C@@H](C)C(=O)N[C@@H](CCCNC(=N)N)C(=O)N[C@@H](CC(C)C)C(=O)N[C@@H](CC(C)C)C(=O)N[C@@H](Cc1ccc(O)cc1)C(=O)O. The standard InChI is InChI=1S/C87H103N19O16/c1-48(2)41-66(83(113)92-51(7)81(111)95-65(21-14-33-91-87(88)89)82(112)96-67(42-49(3)4)84(114)97-68(43-50(5)6)85(115)98-69(86(116)117)44-52-22-26-54(107)27-23-52)94-70(108)32-35-118-37-39-120-40-38-119-36-34-90-71(109)46-121-47-72(110)93-53-24-28-55(29-25-53)122-56-30-31-63-64(45-56)80-105-78-62-20-13-12-19-61(62)76(103-78)101-74-58-16-9-8-15-57(58)73(99-74)100-75-59-17-10-11-18-60(59)77(102-75)104-79(63)106-80/h8-13,15-20,22-31,45,48-51,65-69,107H,14,21,32-44,46-47H2,1-7H3,(H,90,109)(H,92,113)(H,93,110)(H,94,108)(H,95,111)(H,96,112)(H,97,114)(H,98,115)(H,116,117)(H4,88,89,91)(H2,99,100,101,102,103,104,105,106)/t51-,65-,66-,67-,68-,69-/m0/s1. The third-order valence-corrected chi connectivity index (χ3v) is 19.6. The third kappa shape index (κ3) is 25.3. The Hall–Kier alpha value is -13.4. The molecule has 3 aromatic heterocycles. The van der Waals surface area contributed by atoms with E-state index < -0.39 is 96.1 Å². The van der Waals surface area contributed by atoms with Crippen LogP contribution in [0.2, 0.25) is 0 Å². The van der Waals surface area contributed by atoms with Crippen LogP contribution in [0, 0.1) is 23.2 Å². The Morgan fingerprint density at radius 2 is 0.877 bits per heavy atom. The van der Waals surface area contributed by atoms with Gasteiger partial charge >= 0.3 is 5.97 Å². The number of carbonyl (C=O) groups excluding carboxylic acids is 8. The summed E-state index contributed by atoms with van der Waals surface area (Å²) in [6.45, 7) is 12.8. The number of hydrogen-bond acceptors (Lipinski definition) is 22. The number of nitrogens with one attached hydrogen (secondary N) is 12. The summed E-state index contributed by atoms with van der Waals surface area (Å²) >= 11 is 0. The first-order valence-electron chi connectivity index (χ1n) is 40.5. The van der Waals surface area contributed by atoms with Gasteiger partial charge in [0.05, 0.1) is 39.6 Å². The van der Waals surface area contributed by atoms with Gasteiger partial charge in [-0.25, -0.2) is 34.7 Å². The van der Waals surface area contributed by atoms with Crippen molar-refractivity contribution in [1.29, 1.82) is 5.41 Å². The number of phenols is 1. The van der Waals surface area contributed by atoms with Crippen molar-refractivity contribution in [1.82, 2.24) is 82.4 Å². The van der Waals surface area contributed by atoms with Gasteiger partial charge in [-0.05, 0) is 117 Å². The Morgan fingerprint density at radius 3 is 1.39 bits per heavy atom. The summed E-state index contributed by atoms with van der Waals surface area (Å²) in [6.07, 6.45) is 0.390. The molecule has 6 atom stereocenters. The highest BCUT2D eigenvalue weighted by molar-refractivity contribution is 6.07. The van der Waals surface area contributed by atoms with Crippen LogP contribution < -0.4 is 58.3 Å². The molecular weight excluding hydrogens is 1570 g/mol. The van der Waals surface area contributed by atoms with Crippen LogP contribution >= 0.6 is 0 Å². The number of aromatic amines is 2. The highest BCUT2D eigenvalue weighted by Gasteiger charge is 2.35. The third-order valence-electron chi connectivity index (χ3n) is 19.6. The molecule has 642 valence electrons. The monoisotopic (exact) mass is 1670 g/mol. The summed E-state index contributed by atoms with van der Waals surface area (Å²) in [4.78, 5) is 158. The highest BCUT2D eigenvalue weighted by atomic mass is 16.5. The normalized spacial score (nSPS) is 13.0. The fourth-order valence-corrected chi connectivity index (χ4v) is 13.6. The molecule has 6 aromatic carbocycles. The van der Waals surface area contributed by atoms with E-state index in [0.717, 1.165) is 38.2 Å². The van der Waals surface area contributed by atoms with Gasteiger partial charge in [-0.2, -0.15) is 0 Å². The molecular formula is C87H103N19O16. The predicted molar refractivity (Wildman–Crippen MR) is 456 cm³/mol. The summed E-state index contributed by atoms with van der Waals surface area (Å²) in [5, 5.41) is 54.7. The maximum Gasteiger partial charge on any atom is 0.326 e. The Morgan fingerprint density at radius 1 is 0.434 bits per heavy atom. The number of benzene rings is 6. The van der Waals surface area contributed by atoms with Gasteiger partial charge in [0.25, 0.3) is 0 Å². The summed E-state index contributed by atoms with van der Waals surface area (Å²) in [5.41, 5.74) is 11.8. The van der Waals surface area contributed by atoms with Gasteiger partial charge in [0, 0.05) is 75.4 Å². The van der Waals surface area contributed by atoms with Crippen molar-refractivity contribution in [3.8, 4) is 62.8 Å². The maximum atomic E-state index is 14.2. The summed E-state index contributed by atoms with van der Waals surface area (Å²) in [6, 6.07) is 34.4. The average Bonchev–Trinajstić information content (AvgIpc) is 1.60. The van der Waals surface area contributed by atoms with Crippen LogP contribution in [0.25, 0.3) is 89.7 Å². The molecule has 16 N–H and O–H groups in total. The number of fused-ring (bicyclic) bond motifs is 20. The molecule has 9 aromatic rings. The first-order chi connectivity index (χ1) is 58.7. The van der Waals surface area contributed by atoms with Crippen molar-refractivity contribution >= 4 is 109 Å². The van der Waals surface area contributed by atoms with E-state index in [4.69, 9.17) is 64.7 Å². The van der Waals surface area contributed by atoms with Crippen molar-refractivity contribution in [2.24, 2.45) is 23.5 Å². The van der Waals surface area contributed by atoms with Gasteiger partial charge in [0.2, 0.25) is 47.3 Å². The lowest BCUT2D eigenvalue weighted by Crippen LogP contribution is -2.59. The lowest BCUT2D eigenvalue weighted by atomic mass is 9.99. The van der Waals surface area contributed by atoms with E-state index in [1.54, 1.807) is 24.3 Å². The molecule has 0 unspecified atom stereocenters. The van der Waals surface area contributed by atoms with Crippen molar-refractivity contribution < 1.29 is 77.0 Å². The number of anilines is 1. The van der Waals surface area contributed by atoms with Gasteiger partial charge in [-0.1, -0.05) is 126 Å². The number of aromatic hydroxyl groups is 1. The second-order valence-corrected chi connectivity index (χ2v) is 30.7. The number of carbonyl (C=O) groups is 9. The van der Waals surface area contributed by atoms with E-state index in [1.807, 2.05) is 133 Å². The molecule has 0 fully saturated rings. The fraction of sp³-hybridized carbons (Fsp3) is 0.379. The Bertz CT molecular complexity index is 5420. The van der Waals surface area contributed by atoms with E-state index >= 15 is 0 Å². The molecule has 8 amide bonds. The smallest absolute Gasteiger partial charge is 0.326 e. The second-order valence-electron chi connectivity index (χ2n) is 30.7. The number of carboxylic acids is 1. The molecule has 0 aliphatic carbocycles. The minimum Gasteiger partial charge on any atom is -0.508 e. The summed E-state index contributed by atoms with van der Waals surface area (Å²) in [5.74, 6) is -4.36. The largest absolute Gasteiger partial charge is 0.508 e. The van der Waals surface area contributed by atoms with Crippen molar-refractivity contribution in [2.75, 3.05) is 71.3 Å². The quantitative estimate of drug-likeness (QED) is 0.00996. The fourth-order valence-electron chi connectivity index (χ4n) is 13.6. The Labute approximate surface area is 702 Å². The van der Waals surface area contributed by atoms with E-state index in [1.165, 1.54) is 31.2 Å². The van der Waals surface area contributed by atoms with E-state index in [0.29, 0.717) is 74.2 Å². The molecule has 0 saturated heterocycles. The molecule has 0 radical (unpaired) electrons. The van der Waals surface area contributed by atoms with Crippen LogP contribution in [-0.2, 0) is 68.5 Å². The molecule has 11 rings (SSSR count). The zero-order chi connectivity index (χ0) is 86.9. The maximum absolute atomic E-state index is 14.2. The van der Waals surface area contributed by atoms with E-state index in [2.05, 4.69) is 57.8 Å². The Balaban J connectivity index is 0.569. The highest BCUT2D eigenvalue weighted by Crippen LogP contribution is 2.40. The number of rotatable bonds is 43. The van der Waals surface area contributed by atoms with Gasteiger partial charge < -0.3 is 97.5 Å². The first kappa shape index (κ1) is 89.4. The minimum atomic E-state index is -1.38. The topological polar surface area (TPSA) is 507 Å². The van der Waals surface area contributed by atoms with Gasteiger partial charge in [0.1, 0.15) is 89.3 Å².